The molecule has 3 heterocycles. The maximum atomic E-state index is 12.3. The number of hydrogen-bond acceptors (Lipinski definition) is 4. The molecule has 0 aromatic carbocycles. The van der Waals surface area contributed by atoms with E-state index in [9.17, 15) is 4.79 Å². The first kappa shape index (κ1) is 13.3. The van der Waals surface area contributed by atoms with Crippen LogP contribution < -0.4 is 10.6 Å². The molecular formula is C14H21N5O. The lowest BCUT2D eigenvalue weighted by molar-refractivity contribution is 0.0861. The first-order valence-electron chi connectivity index (χ1n) is 7.30. The first-order valence-corrected chi connectivity index (χ1v) is 7.30. The van der Waals surface area contributed by atoms with Gasteiger partial charge in [0.1, 0.15) is 0 Å². The van der Waals surface area contributed by atoms with Gasteiger partial charge in [0, 0.05) is 37.4 Å². The van der Waals surface area contributed by atoms with E-state index in [1.165, 1.54) is 19.3 Å². The van der Waals surface area contributed by atoms with E-state index in [4.69, 9.17) is 0 Å². The molecule has 1 unspecified atom stereocenters. The molecule has 2 saturated heterocycles. The van der Waals surface area contributed by atoms with Crippen molar-refractivity contribution in [1.29, 1.82) is 0 Å². The van der Waals surface area contributed by atoms with E-state index < -0.39 is 0 Å². The van der Waals surface area contributed by atoms with Crippen LogP contribution in [-0.2, 0) is 0 Å². The topological polar surface area (TPSA) is 70.2 Å². The average Bonchev–Trinajstić information content (AvgIpc) is 2.49. The number of likely N-dealkylation sites (tertiary alicyclic amines) is 1. The minimum absolute atomic E-state index is 0.0600. The molecule has 6 heteroatoms. The lowest BCUT2D eigenvalue weighted by Gasteiger charge is -2.45. The Bertz CT molecular complexity index is 452. The minimum atomic E-state index is -0.0600. The van der Waals surface area contributed by atoms with Gasteiger partial charge < -0.3 is 10.2 Å². The molecule has 20 heavy (non-hydrogen) atoms. The molecule has 6 nitrogen and oxygen atoms in total. The summed E-state index contributed by atoms with van der Waals surface area (Å²) in [5.74, 6) is 0.513. The van der Waals surface area contributed by atoms with Crippen molar-refractivity contribution >= 4 is 11.8 Å². The summed E-state index contributed by atoms with van der Waals surface area (Å²) < 4.78 is 0. The van der Waals surface area contributed by atoms with Crippen molar-refractivity contribution in [2.45, 2.75) is 25.7 Å². The summed E-state index contributed by atoms with van der Waals surface area (Å²) in [6.45, 7) is 3.80. The molecule has 0 aliphatic carbocycles. The van der Waals surface area contributed by atoms with Crippen LogP contribution in [0.4, 0.5) is 10.6 Å². The highest BCUT2D eigenvalue weighted by Crippen LogP contribution is 2.35. The Hall–Kier alpha value is -1.69. The quantitative estimate of drug-likeness (QED) is 0.814. The van der Waals surface area contributed by atoms with Crippen molar-refractivity contribution in [3.05, 3.63) is 18.6 Å². The molecule has 1 spiro atoms. The summed E-state index contributed by atoms with van der Waals surface area (Å²) >= 11 is 0. The Morgan fingerprint density at radius 3 is 3.00 bits per heavy atom. The van der Waals surface area contributed by atoms with Crippen molar-refractivity contribution in [3.8, 4) is 0 Å². The number of nitrogens with zero attached hydrogens (tertiary/aromatic N) is 3. The van der Waals surface area contributed by atoms with Gasteiger partial charge in [0.15, 0.2) is 5.82 Å². The number of hydrogen-bond donors (Lipinski definition) is 2. The summed E-state index contributed by atoms with van der Waals surface area (Å²) in [4.78, 5) is 22.3. The van der Waals surface area contributed by atoms with Gasteiger partial charge in [-0.25, -0.2) is 9.78 Å². The van der Waals surface area contributed by atoms with Gasteiger partial charge in [0.2, 0.25) is 0 Å². The number of nitrogens with one attached hydrogen (secondary N) is 2. The van der Waals surface area contributed by atoms with Crippen LogP contribution in [0.5, 0.6) is 0 Å². The number of aromatic nitrogens is 2. The van der Waals surface area contributed by atoms with Crippen molar-refractivity contribution in [2.75, 3.05) is 31.5 Å². The van der Waals surface area contributed by atoms with Gasteiger partial charge in [0.25, 0.3) is 0 Å². The predicted octanol–water partition coefficient (Wildman–Crippen LogP) is 1.47. The summed E-state index contributed by atoms with van der Waals surface area (Å²) in [6, 6.07) is -0.0600. The molecule has 0 saturated carbocycles. The van der Waals surface area contributed by atoms with Gasteiger partial charge in [-0.1, -0.05) is 0 Å². The molecule has 0 radical (unpaired) electrons. The van der Waals surface area contributed by atoms with Gasteiger partial charge in [-0.3, -0.25) is 10.3 Å². The van der Waals surface area contributed by atoms with E-state index in [-0.39, 0.29) is 11.4 Å². The fourth-order valence-corrected chi connectivity index (χ4v) is 3.31. The normalized spacial score (nSPS) is 26.5. The Balaban J connectivity index is 1.63. The second-order valence-corrected chi connectivity index (χ2v) is 5.83. The van der Waals surface area contributed by atoms with Crippen LogP contribution in [0.25, 0.3) is 0 Å². The van der Waals surface area contributed by atoms with Gasteiger partial charge in [-0.05, 0) is 32.2 Å². The Morgan fingerprint density at radius 2 is 2.25 bits per heavy atom. The van der Waals surface area contributed by atoms with E-state index >= 15 is 0 Å². The number of carbonyl (C=O) groups excluding carboxylic acids is 1. The monoisotopic (exact) mass is 275 g/mol. The average molecular weight is 275 g/mol. The van der Waals surface area contributed by atoms with Crippen molar-refractivity contribution in [3.63, 3.8) is 0 Å². The summed E-state index contributed by atoms with van der Waals surface area (Å²) in [6.07, 6.45) is 9.47. The maximum Gasteiger partial charge on any atom is 0.323 e. The highest BCUT2D eigenvalue weighted by Gasteiger charge is 2.38. The van der Waals surface area contributed by atoms with Crippen LogP contribution >= 0.6 is 0 Å². The third-order valence-corrected chi connectivity index (χ3v) is 4.31. The van der Waals surface area contributed by atoms with Gasteiger partial charge in [-0.15, -0.1) is 0 Å². The molecule has 2 N–H and O–H groups in total. The lowest BCUT2D eigenvalue weighted by atomic mass is 9.74. The van der Waals surface area contributed by atoms with Crippen LogP contribution in [0.15, 0.2) is 18.6 Å². The Kier molecular flexibility index (Phi) is 3.82. The zero-order valence-corrected chi connectivity index (χ0v) is 11.6. The van der Waals surface area contributed by atoms with E-state index in [0.717, 1.165) is 32.6 Å². The number of anilines is 1. The minimum Gasteiger partial charge on any atom is -0.324 e. The highest BCUT2D eigenvalue weighted by molar-refractivity contribution is 5.88. The number of piperidine rings is 2. The summed E-state index contributed by atoms with van der Waals surface area (Å²) in [5.41, 5.74) is 0.274. The van der Waals surface area contributed by atoms with E-state index in [1.54, 1.807) is 18.6 Å². The fourth-order valence-electron chi connectivity index (χ4n) is 3.31. The second-order valence-electron chi connectivity index (χ2n) is 5.83. The Labute approximate surface area is 119 Å². The highest BCUT2D eigenvalue weighted by atomic mass is 16.2. The van der Waals surface area contributed by atoms with Gasteiger partial charge >= 0.3 is 6.03 Å². The molecule has 2 aliphatic heterocycles. The third-order valence-electron chi connectivity index (χ3n) is 4.31. The van der Waals surface area contributed by atoms with Crippen molar-refractivity contribution in [2.24, 2.45) is 5.41 Å². The van der Waals surface area contributed by atoms with E-state index in [2.05, 4.69) is 20.6 Å². The molecular weight excluding hydrogens is 254 g/mol. The summed E-state index contributed by atoms with van der Waals surface area (Å²) in [5, 5.41) is 6.30. The van der Waals surface area contributed by atoms with Crippen LogP contribution in [0.2, 0.25) is 0 Å². The smallest absolute Gasteiger partial charge is 0.323 e. The molecule has 1 aromatic rings. The van der Waals surface area contributed by atoms with Gasteiger partial charge in [-0.2, -0.15) is 0 Å². The number of amides is 2. The van der Waals surface area contributed by atoms with Crippen LogP contribution in [0.1, 0.15) is 25.7 Å². The summed E-state index contributed by atoms with van der Waals surface area (Å²) in [7, 11) is 0. The first-order chi connectivity index (χ1) is 9.77. The van der Waals surface area contributed by atoms with Gasteiger partial charge in [0.05, 0.1) is 6.20 Å². The van der Waals surface area contributed by atoms with Crippen LogP contribution in [0, 0.1) is 5.41 Å². The molecule has 0 bridgehead atoms. The standard InChI is InChI=1S/C14H21N5O/c20-13(18-12-9-15-6-7-17-12)19-8-2-4-14(11-19)3-1-5-16-10-14/h6-7,9,16H,1-5,8,10-11H2,(H,17,18,20). The maximum absolute atomic E-state index is 12.3. The number of rotatable bonds is 1. The number of carbonyl (C=O) groups is 1. The SMILES string of the molecule is O=C(Nc1cnccn1)N1CCCC2(CCCNC2)C1. The Morgan fingerprint density at radius 1 is 1.35 bits per heavy atom. The molecule has 2 aliphatic rings. The van der Waals surface area contributed by atoms with E-state index in [0.29, 0.717) is 5.82 Å². The van der Waals surface area contributed by atoms with Crippen molar-refractivity contribution < 1.29 is 4.79 Å². The molecule has 108 valence electrons. The fraction of sp³-hybridized carbons (Fsp3) is 0.643. The molecule has 1 aromatic heterocycles. The van der Waals surface area contributed by atoms with Crippen LogP contribution in [0.3, 0.4) is 0 Å². The molecule has 2 fully saturated rings. The van der Waals surface area contributed by atoms with E-state index in [1.807, 2.05) is 4.90 Å². The second kappa shape index (κ2) is 5.75. The zero-order chi connectivity index (χ0) is 13.8. The molecule has 1 atom stereocenters. The number of urea groups is 1. The predicted molar refractivity (Wildman–Crippen MR) is 76.4 cm³/mol. The third kappa shape index (κ3) is 2.90. The van der Waals surface area contributed by atoms with Crippen molar-refractivity contribution in [1.82, 2.24) is 20.2 Å². The van der Waals surface area contributed by atoms with Crippen LogP contribution in [-0.4, -0.2) is 47.1 Å². The zero-order valence-electron chi connectivity index (χ0n) is 11.6. The lowest BCUT2D eigenvalue weighted by Crippen LogP contribution is -2.53. The largest absolute Gasteiger partial charge is 0.324 e. The molecule has 3 rings (SSSR count). The molecule has 2 amide bonds.